The van der Waals surface area contributed by atoms with E-state index in [0.717, 1.165) is 5.56 Å². The summed E-state index contributed by atoms with van der Waals surface area (Å²) in [6.45, 7) is 1.92. The Morgan fingerprint density at radius 3 is 2.41 bits per heavy atom. The summed E-state index contributed by atoms with van der Waals surface area (Å²) < 4.78 is 0. The van der Waals surface area contributed by atoms with Crippen LogP contribution in [0.15, 0.2) is 42.5 Å². The fraction of sp³-hybridized carbons (Fsp3) is 0.222. The van der Waals surface area contributed by atoms with Crippen LogP contribution in [0.5, 0.6) is 0 Å². The maximum absolute atomic E-state index is 12.0. The van der Waals surface area contributed by atoms with Crippen LogP contribution in [0.25, 0.3) is 0 Å². The number of hydrogen-bond acceptors (Lipinski definition) is 4. The number of nitrogens with zero attached hydrogens (tertiary/aromatic N) is 1. The SMILES string of the molecule is C[C@H](NC(=O)CCNC(=O)c1ccc([N+](=O)[O-])cc1)c1ccc(Cl)cc1Cl. The second kappa shape index (κ2) is 9.34. The lowest BCUT2D eigenvalue weighted by atomic mass is 10.1. The van der Waals surface area contributed by atoms with Gasteiger partial charge in [0.05, 0.1) is 11.0 Å². The number of carbonyl (C=O) groups is 2. The molecule has 2 rings (SSSR count). The average Bonchev–Trinajstić information content (AvgIpc) is 2.61. The van der Waals surface area contributed by atoms with E-state index in [9.17, 15) is 19.7 Å². The molecule has 2 aromatic carbocycles. The van der Waals surface area contributed by atoms with Gasteiger partial charge in [0.2, 0.25) is 5.91 Å². The second-order valence-electron chi connectivity index (χ2n) is 5.76. The molecule has 2 aromatic rings. The number of halogens is 2. The summed E-state index contributed by atoms with van der Waals surface area (Å²) in [4.78, 5) is 34.1. The number of carbonyl (C=O) groups excluding carboxylic acids is 2. The second-order valence-corrected chi connectivity index (χ2v) is 6.61. The van der Waals surface area contributed by atoms with E-state index < -0.39 is 10.8 Å². The molecule has 0 spiro atoms. The average molecular weight is 410 g/mol. The molecule has 7 nitrogen and oxygen atoms in total. The molecule has 0 aromatic heterocycles. The van der Waals surface area contributed by atoms with Crippen LogP contribution in [-0.2, 0) is 4.79 Å². The number of nitro benzene ring substituents is 1. The first-order valence-electron chi connectivity index (χ1n) is 8.05. The van der Waals surface area contributed by atoms with Crippen molar-refractivity contribution < 1.29 is 14.5 Å². The van der Waals surface area contributed by atoms with Crippen molar-refractivity contribution in [3.63, 3.8) is 0 Å². The topological polar surface area (TPSA) is 101 Å². The molecular weight excluding hydrogens is 393 g/mol. The van der Waals surface area contributed by atoms with Crippen LogP contribution in [-0.4, -0.2) is 23.3 Å². The minimum atomic E-state index is -0.542. The zero-order valence-electron chi connectivity index (χ0n) is 14.4. The number of nitro groups is 1. The minimum Gasteiger partial charge on any atom is -0.352 e. The first kappa shape index (κ1) is 20.7. The molecule has 27 heavy (non-hydrogen) atoms. The standard InChI is InChI=1S/C18H17Cl2N3O4/c1-11(15-7-4-13(19)10-16(15)20)22-17(24)8-9-21-18(25)12-2-5-14(6-3-12)23(26)27/h2-7,10-11H,8-9H2,1H3,(H,21,25)(H,22,24)/t11-/m0/s1. The van der Waals surface area contributed by atoms with Crippen LogP contribution in [0.4, 0.5) is 5.69 Å². The molecule has 2 amide bonds. The van der Waals surface area contributed by atoms with Gasteiger partial charge in [0.15, 0.2) is 0 Å². The largest absolute Gasteiger partial charge is 0.352 e. The molecule has 0 unspecified atom stereocenters. The van der Waals surface area contributed by atoms with Crippen LogP contribution in [0, 0.1) is 10.1 Å². The molecule has 0 bridgehead atoms. The predicted molar refractivity (Wildman–Crippen MR) is 103 cm³/mol. The third kappa shape index (κ3) is 5.94. The summed E-state index contributed by atoms with van der Waals surface area (Å²) >= 11 is 12.0. The molecular formula is C18H17Cl2N3O4. The van der Waals surface area contributed by atoms with Gasteiger partial charge >= 0.3 is 0 Å². The number of hydrogen-bond donors (Lipinski definition) is 2. The minimum absolute atomic E-state index is 0.0776. The van der Waals surface area contributed by atoms with E-state index in [1.807, 2.05) is 0 Å². The number of rotatable bonds is 7. The van der Waals surface area contributed by atoms with Crippen LogP contribution >= 0.6 is 23.2 Å². The monoisotopic (exact) mass is 409 g/mol. The lowest BCUT2D eigenvalue weighted by Crippen LogP contribution is -2.32. The van der Waals surface area contributed by atoms with Gasteiger partial charge in [-0.05, 0) is 36.8 Å². The number of non-ortho nitro benzene ring substituents is 1. The van der Waals surface area contributed by atoms with Crippen LogP contribution in [0.1, 0.15) is 35.3 Å². The Labute approximate surface area is 165 Å². The zero-order chi connectivity index (χ0) is 20.0. The van der Waals surface area contributed by atoms with Crippen molar-refractivity contribution >= 4 is 40.7 Å². The molecule has 0 aliphatic rings. The molecule has 0 aliphatic carbocycles. The Kier molecular flexibility index (Phi) is 7.15. The van der Waals surface area contributed by atoms with Crippen molar-refractivity contribution in [1.29, 1.82) is 0 Å². The molecule has 0 fully saturated rings. The van der Waals surface area contributed by atoms with E-state index in [0.29, 0.717) is 10.0 Å². The third-order valence-corrected chi connectivity index (χ3v) is 4.35. The Morgan fingerprint density at radius 2 is 1.81 bits per heavy atom. The zero-order valence-corrected chi connectivity index (χ0v) is 15.9. The van der Waals surface area contributed by atoms with Crippen molar-refractivity contribution in [2.45, 2.75) is 19.4 Å². The van der Waals surface area contributed by atoms with Gasteiger partial charge in [0.1, 0.15) is 0 Å². The molecule has 0 saturated carbocycles. The van der Waals surface area contributed by atoms with Gasteiger partial charge in [-0.2, -0.15) is 0 Å². The van der Waals surface area contributed by atoms with Gasteiger partial charge in [-0.25, -0.2) is 0 Å². The lowest BCUT2D eigenvalue weighted by molar-refractivity contribution is -0.384. The summed E-state index contributed by atoms with van der Waals surface area (Å²) in [6, 6.07) is 9.94. The summed E-state index contributed by atoms with van der Waals surface area (Å²) in [5, 5.41) is 17.0. The highest BCUT2D eigenvalue weighted by Gasteiger charge is 2.14. The number of benzene rings is 2. The van der Waals surface area contributed by atoms with Gasteiger partial charge in [0, 0.05) is 40.7 Å². The van der Waals surface area contributed by atoms with E-state index >= 15 is 0 Å². The van der Waals surface area contributed by atoms with Gasteiger partial charge in [0.25, 0.3) is 11.6 Å². The van der Waals surface area contributed by atoms with Gasteiger partial charge in [-0.1, -0.05) is 29.3 Å². The van der Waals surface area contributed by atoms with Gasteiger partial charge in [-0.15, -0.1) is 0 Å². The lowest BCUT2D eigenvalue weighted by Gasteiger charge is -2.16. The van der Waals surface area contributed by atoms with E-state index in [2.05, 4.69) is 10.6 Å². The van der Waals surface area contributed by atoms with E-state index in [-0.39, 0.29) is 36.2 Å². The maximum atomic E-state index is 12.0. The van der Waals surface area contributed by atoms with Crippen molar-refractivity contribution in [1.82, 2.24) is 10.6 Å². The van der Waals surface area contributed by atoms with Crippen LogP contribution in [0.3, 0.4) is 0 Å². The Bertz CT molecular complexity index is 856. The van der Waals surface area contributed by atoms with E-state index in [4.69, 9.17) is 23.2 Å². The number of amides is 2. The smallest absolute Gasteiger partial charge is 0.269 e. The fourth-order valence-electron chi connectivity index (χ4n) is 2.37. The normalized spacial score (nSPS) is 11.5. The third-order valence-electron chi connectivity index (χ3n) is 3.78. The summed E-state index contributed by atoms with van der Waals surface area (Å²) in [5.74, 6) is -0.663. The van der Waals surface area contributed by atoms with Crippen molar-refractivity contribution in [3.8, 4) is 0 Å². The molecule has 0 heterocycles. The highest BCUT2D eigenvalue weighted by atomic mass is 35.5. The molecule has 9 heteroatoms. The highest BCUT2D eigenvalue weighted by Crippen LogP contribution is 2.26. The molecule has 1 atom stereocenters. The predicted octanol–water partition coefficient (Wildman–Crippen LogP) is 3.90. The maximum Gasteiger partial charge on any atom is 0.269 e. The van der Waals surface area contributed by atoms with Crippen molar-refractivity contribution in [3.05, 3.63) is 73.8 Å². The molecule has 0 saturated heterocycles. The van der Waals surface area contributed by atoms with Crippen LogP contribution < -0.4 is 10.6 Å². The van der Waals surface area contributed by atoms with Gasteiger partial charge in [-0.3, -0.25) is 19.7 Å². The summed E-state index contributed by atoms with van der Waals surface area (Å²) in [6.07, 6.45) is 0.0776. The van der Waals surface area contributed by atoms with E-state index in [1.54, 1.807) is 25.1 Å². The fourth-order valence-corrected chi connectivity index (χ4v) is 2.94. The Morgan fingerprint density at radius 1 is 1.15 bits per heavy atom. The first-order valence-corrected chi connectivity index (χ1v) is 8.80. The van der Waals surface area contributed by atoms with E-state index in [1.165, 1.54) is 24.3 Å². The van der Waals surface area contributed by atoms with Crippen molar-refractivity contribution in [2.24, 2.45) is 0 Å². The summed E-state index contributed by atoms with van der Waals surface area (Å²) in [7, 11) is 0. The van der Waals surface area contributed by atoms with Gasteiger partial charge < -0.3 is 10.6 Å². The Hall–Kier alpha value is -2.64. The molecule has 2 N–H and O–H groups in total. The highest BCUT2D eigenvalue weighted by molar-refractivity contribution is 6.35. The summed E-state index contributed by atoms with van der Waals surface area (Å²) in [5.41, 5.74) is 0.924. The molecule has 0 radical (unpaired) electrons. The van der Waals surface area contributed by atoms with Crippen LogP contribution in [0.2, 0.25) is 10.0 Å². The van der Waals surface area contributed by atoms with Crippen molar-refractivity contribution in [2.75, 3.05) is 6.54 Å². The molecule has 0 aliphatic heterocycles. The molecule has 142 valence electrons. The first-order chi connectivity index (χ1) is 12.8. The number of nitrogens with one attached hydrogen (secondary N) is 2. The quantitative estimate of drug-likeness (QED) is 0.534. The Balaban J connectivity index is 1.81.